The molecule has 1 unspecified atom stereocenters. The number of para-hydroxylation sites is 1. The molecule has 310 valence electrons. The maximum absolute atomic E-state index is 6.85. The van der Waals surface area contributed by atoms with Crippen molar-refractivity contribution in [1.82, 2.24) is 4.57 Å². The number of benzene rings is 10. The summed E-state index contributed by atoms with van der Waals surface area (Å²) in [7, 11) is 0. The smallest absolute Gasteiger partial charge is 0.160 e. The highest BCUT2D eigenvalue weighted by Crippen LogP contribution is 2.44. The summed E-state index contributed by atoms with van der Waals surface area (Å²) in [5, 5.41) is 14.2. The maximum atomic E-state index is 6.85. The van der Waals surface area contributed by atoms with E-state index in [1.807, 2.05) is 11.3 Å². The zero-order chi connectivity index (χ0) is 43.5. The summed E-state index contributed by atoms with van der Waals surface area (Å²) >= 11 is 1.84. The van der Waals surface area contributed by atoms with Gasteiger partial charge in [-0.2, -0.15) is 0 Å². The highest BCUT2D eigenvalue weighted by molar-refractivity contribution is 7.25. The highest BCUT2D eigenvalue weighted by atomic mass is 32.1. The SMILES string of the molecule is CC1C/C=C(\c2c(-n3c4ccccc4c4cc5ccccc5cc43)ccc3oc4cc5ccccc5cc4c23)N=C(c2ccc3ccccc3c2)N=C1c1ccc2c(c1)sc1ccccc12. The Balaban J connectivity index is 1.08. The third kappa shape index (κ3) is 5.76. The van der Waals surface area contributed by atoms with Gasteiger partial charge in [-0.25, -0.2) is 9.98 Å². The third-order valence-electron chi connectivity index (χ3n) is 13.8. The Hall–Kier alpha value is -8.12. The Kier molecular flexibility index (Phi) is 8.16. The van der Waals surface area contributed by atoms with Crippen molar-refractivity contribution in [3.8, 4) is 5.69 Å². The van der Waals surface area contributed by atoms with Gasteiger partial charge < -0.3 is 8.98 Å². The number of allylic oxidation sites excluding steroid dienone is 1. The van der Waals surface area contributed by atoms with Gasteiger partial charge in [0.05, 0.1) is 28.1 Å². The first kappa shape index (κ1) is 37.3. The molecular formula is C61H39N3OS. The first-order chi connectivity index (χ1) is 32.6. The minimum absolute atomic E-state index is 0.0741. The Morgan fingerprint density at radius 2 is 1.14 bits per heavy atom. The summed E-state index contributed by atoms with van der Waals surface area (Å²) in [6.45, 7) is 2.31. The number of hydrogen-bond acceptors (Lipinski definition) is 4. The van der Waals surface area contributed by atoms with Crippen LogP contribution >= 0.6 is 11.3 Å². The normalized spacial score (nSPS) is 15.6. The molecule has 1 atom stereocenters. The quantitative estimate of drug-likeness (QED) is 0.174. The van der Waals surface area contributed by atoms with Gasteiger partial charge in [0, 0.05) is 58.8 Å². The molecule has 66 heavy (non-hydrogen) atoms. The Labute approximate surface area is 383 Å². The fraction of sp³-hybridized carbons (Fsp3) is 0.0492. The lowest BCUT2D eigenvalue weighted by atomic mass is 9.92. The van der Waals surface area contributed by atoms with Crippen molar-refractivity contribution in [3.05, 3.63) is 217 Å². The first-order valence-corrected chi connectivity index (χ1v) is 23.5. The summed E-state index contributed by atoms with van der Waals surface area (Å²) in [6, 6.07) is 70.3. The van der Waals surface area contributed by atoms with E-state index in [2.05, 4.69) is 212 Å². The number of aliphatic imine (C=N–C) groups is 2. The molecule has 0 N–H and O–H groups in total. The Morgan fingerprint density at radius 3 is 1.95 bits per heavy atom. The van der Waals surface area contributed by atoms with Crippen molar-refractivity contribution in [2.24, 2.45) is 15.9 Å². The average Bonchev–Trinajstić information content (AvgIpc) is 4.02. The molecule has 5 heteroatoms. The molecule has 14 rings (SSSR count). The van der Waals surface area contributed by atoms with Crippen LogP contribution in [0.4, 0.5) is 0 Å². The molecule has 13 aromatic rings. The van der Waals surface area contributed by atoms with E-state index < -0.39 is 0 Å². The van der Waals surface area contributed by atoms with Crippen LogP contribution in [0.3, 0.4) is 0 Å². The van der Waals surface area contributed by atoms with Gasteiger partial charge >= 0.3 is 0 Å². The second-order valence-electron chi connectivity index (χ2n) is 17.7. The monoisotopic (exact) mass is 861 g/mol. The molecule has 0 amide bonds. The van der Waals surface area contributed by atoms with E-state index in [1.54, 1.807) is 0 Å². The lowest BCUT2D eigenvalue weighted by Crippen LogP contribution is -2.17. The van der Waals surface area contributed by atoms with Gasteiger partial charge in [0.2, 0.25) is 0 Å². The molecule has 0 fully saturated rings. The summed E-state index contributed by atoms with van der Waals surface area (Å²) < 4.78 is 11.9. The van der Waals surface area contributed by atoms with Gasteiger partial charge in [0.25, 0.3) is 0 Å². The summed E-state index contributed by atoms with van der Waals surface area (Å²) in [4.78, 5) is 11.5. The summed E-state index contributed by atoms with van der Waals surface area (Å²) in [5.74, 6) is 0.754. The van der Waals surface area contributed by atoms with Gasteiger partial charge in [-0.15, -0.1) is 11.3 Å². The van der Waals surface area contributed by atoms with Crippen LogP contribution in [0.1, 0.15) is 30.0 Å². The number of aromatic nitrogens is 1. The molecule has 4 nitrogen and oxygen atoms in total. The molecule has 0 spiro atoms. The molecule has 4 heterocycles. The maximum Gasteiger partial charge on any atom is 0.160 e. The lowest BCUT2D eigenvalue weighted by Gasteiger charge is -2.21. The standard InChI is InChI=1S/C61H39N3OS/c1-36-22-27-50(62-61(44-24-23-37-12-2-3-13-38(37)30-44)63-60(36)43-25-26-47-46-19-9-11-21-56(46)66-57(47)35-43)59-52(28-29-54-58(59)49-32-40-15-5-7-17-42(40)34-55(49)65-54)64-51-20-10-8-18-45(51)48-31-39-14-4-6-16-41(39)33-53(48)64/h2-21,23-36H,22H2,1H3/b50-27+,62-61?,63-60?. The van der Waals surface area contributed by atoms with Gasteiger partial charge in [-0.3, -0.25) is 0 Å². The van der Waals surface area contributed by atoms with Crippen molar-refractivity contribution in [1.29, 1.82) is 0 Å². The summed E-state index contributed by atoms with van der Waals surface area (Å²) in [6.07, 6.45) is 3.10. The molecule has 1 aliphatic rings. The average molecular weight is 862 g/mol. The minimum atomic E-state index is 0.0741. The molecule has 0 radical (unpaired) electrons. The molecular weight excluding hydrogens is 823 g/mol. The van der Waals surface area contributed by atoms with Gasteiger partial charge in [0.15, 0.2) is 5.84 Å². The van der Waals surface area contributed by atoms with Gasteiger partial charge in [0.1, 0.15) is 11.2 Å². The number of amidine groups is 1. The molecule has 0 aliphatic carbocycles. The second kappa shape index (κ2) is 14.4. The topological polar surface area (TPSA) is 42.8 Å². The van der Waals surface area contributed by atoms with Crippen LogP contribution in [0.15, 0.2) is 215 Å². The largest absolute Gasteiger partial charge is 0.456 e. The fourth-order valence-corrected chi connectivity index (χ4v) is 11.7. The zero-order valence-electron chi connectivity index (χ0n) is 36.0. The fourth-order valence-electron chi connectivity index (χ4n) is 10.6. The minimum Gasteiger partial charge on any atom is -0.456 e. The van der Waals surface area contributed by atoms with Crippen LogP contribution in [0, 0.1) is 5.92 Å². The van der Waals surface area contributed by atoms with E-state index in [0.717, 1.165) is 89.3 Å². The van der Waals surface area contributed by atoms with Crippen LogP contribution in [-0.2, 0) is 0 Å². The number of furan rings is 1. The molecule has 0 saturated carbocycles. The number of thiophene rings is 1. The van der Waals surface area contributed by atoms with E-state index in [0.29, 0.717) is 5.84 Å². The molecule has 10 aromatic carbocycles. The third-order valence-corrected chi connectivity index (χ3v) is 14.9. The van der Waals surface area contributed by atoms with Crippen LogP contribution < -0.4 is 0 Å². The second-order valence-corrected chi connectivity index (χ2v) is 18.8. The van der Waals surface area contributed by atoms with Gasteiger partial charge in [-0.1, -0.05) is 146 Å². The zero-order valence-corrected chi connectivity index (χ0v) is 36.8. The van der Waals surface area contributed by atoms with Crippen molar-refractivity contribution in [2.45, 2.75) is 13.3 Å². The predicted molar refractivity (Wildman–Crippen MR) is 281 cm³/mol. The van der Waals surface area contributed by atoms with Crippen molar-refractivity contribution < 1.29 is 4.42 Å². The Bertz CT molecular complexity index is 4290. The summed E-state index contributed by atoms with van der Waals surface area (Å²) in [5.41, 5.74) is 10.0. The molecule has 3 aromatic heterocycles. The van der Waals surface area contributed by atoms with Crippen molar-refractivity contribution >= 4 is 125 Å². The van der Waals surface area contributed by atoms with E-state index in [4.69, 9.17) is 14.4 Å². The number of fused-ring (bicyclic) bond motifs is 12. The lowest BCUT2D eigenvalue weighted by molar-refractivity contribution is 0.669. The highest BCUT2D eigenvalue weighted by Gasteiger charge is 2.26. The number of nitrogens with zero attached hydrogens (tertiary/aromatic N) is 3. The Morgan fingerprint density at radius 1 is 0.485 bits per heavy atom. The van der Waals surface area contributed by atoms with Gasteiger partial charge in [-0.05, 0) is 105 Å². The predicted octanol–water partition coefficient (Wildman–Crippen LogP) is 16.8. The molecule has 0 bridgehead atoms. The number of rotatable bonds is 4. The first-order valence-electron chi connectivity index (χ1n) is 22.7. The van der Waals surface area contributed by atoms with Crippen LogP contribution in [0.25, 0.3) is 108 Å². The van der Waals surface area contributed by atoms with E-state index in [9.17, 15) is 0 Å². The van der Waals surface area contributed by atoms with Crippen LogP contribution in [0.2, 0.25) is 0 Å². The van der Waals surface area contributed by atoms with Crippen molar-refractivity contribution in [3.63, 3.8) is 0 Å². The van der Waals surface area contributed by atoms with E-state index in [-0.39, 0.29) is 5.92 Å². The molecule has 1 aliphatic heterocycles. The van der Waals surface area contributed by atoms with E-state index in [1.165, 1.54) is 47.1 Å². The molecule has 0 saturated heterocycles. The van der Waals surface area contributed by atoms with Crippen LogP contribution in [0.5, 0.6) is 0 Å². The van der Waals surface area contributed by atoms with Crippen LogP contribution in [-0.4, -0.2) is 16.1 Å². The van der Waals surface area contributed by atoms with Crippen molar-refractivity contribution in [2.75, 3.05) is 0 Å². The number of hydrogen-bond donors (Lipinski definition) is 0. The van der Waals surface area contributed by atoms with E-state index >= 15 is 0 Å².